The Balaban J connectivity index is 1.60. The number of nitro benzene ring substituents is 1. The van der Waals surface area contributed by atoms with Gasteiger partial charge < -0.3 is 14.2 Å². The maximum atomic E-state index is 12.3. The molecule has 0 atom stereocenters. The van der Waals surface area contributed by atoms with E-state index >= 15 is 0 Å². The van der Waals surface area contributed by atoms with E-state index in [0.717, 1.165) is 4.70 Å². The van der Waals surface area contributed by atoms with Crippen LogP contribution in [0.25, 0.3) is 10.1 Å². The van der Waals surface area contributed by atoms with E-state index in [4.69, 9.17) is 14.2 Å². The molecule has 7 nitrogen and oxygen atoms in total. The molecule has 1 aromatic heterocycles. The summed E-state index contributed by atoms with van der Waals surface area (Å²) >= 11 is 1.22. The second-order valence-electron chi connectivity index (χ2n) is 4.99. The van der Waals surface area contributed by atoms with Crippen molar-refractivity contribution in [1.82, 2.24) is 0 Å². The predicted octanol–water partition coefficient (Wildman–Crippen LogP) is 3.76. The van der Waals surface area contributed by atoms with Gasteiger partial charge in [-0.3, -0.25) is 10.1 Å². The molecule has 8 heteroatoms. The van der Waals surface area contributed by atoms with Crippen molar-refractivity contribution >= 4 is 33.1 Å². The van der Waals surface area contributed by atoms with Crippen LogP contribution < -0.4 is 14.2 Å². The Labute approximate surface area is 139 Å². The molecule has 2 heterocycles. The lowest BCUT2D eigenvalue weighted by Gasteiger charge is -2.03. The monoisotopic (exact) mass is 343 g/mol. The van der Waals surface area contributed by atoms with Gasteiger partial charge in [0, 0.05) is 28.3 Å². The number of thiophene rings is 1. The number of benzene rings is 2. The molecule has 4 rings (SSSR count). The quantitative estimate of drug-likeness (QED) is 0.311. The van der Waals surface area contributed by atoms with Gasteiger partial charge in [0.25, 0.3) is 5.69 Å². The van der Waals surface area contributed by atoms with Crippen molar-refractivity contribution in [2.45, 2.75) is 0 Å². The van der Waals surface area contributed by atoms with E-state index in [1.165, 1.54) is 23.5 Å². The molecule has 0 N–H and O–H groups in total. The van der Waals surface area contributed by atoms with E-state index in [1.54, 1.807) is 30.3 Å². The predicted molar refractivity (Wildman–Crippen MR) is 86.0 cm³/mol. The van der Waals surface area contributed by atoms with Crippen LogP contribution in [0.15, 0.2) is 42.5 Å². The molecular formula is C16H9NO6S. The van der Waals surface area contributed by atoms with Crippen molar-refractivity contribution in [2.75, 3.05) is 6.79 Å². The van der Waals surface area contributed by atoms with Crippen LogP contribution >= 0.6 is 11.3 Å². The molecule has 2 aromatic carbocycles. The van der Waals surface area contributed by atoms with Crippen LogP contribution in [0.4, 0.5) is 5.69 Å². The highest BCUT2D eigenvalue weighted by Gasteiger charge is 2.18. The Morgan fingerprint density at radius 1 is 1.12 bits per heavy atom. The summed E-state index contributed by atoms with van der Waals surface area (Å²) in [5.41, 5.74) is -0.0176. The normalized spacial score (nSPS) is 12.3. The minimum Gasteiger partial charge on any atom is -0.454 e. The first-order chi connectivity index (χ1) is 11.6. The average molecular weight is 343 g/mol. The third-order valence-electron chi connectivity index (χ3n) is 3.47. The number of hydrogen-bond donors (Lipinski definition) is 0. The number of nitrogens with zero attached hydrogens (tertiary/aromatic N) is 1. The fourth-order valence-electron chi connectivity index (χ4n) is 2.34. The number of carbonyl (C=O) groups excluding carboxylic acids is 1. The first-order valence-corrected chi connectivity index (χ1v) is 7.71. The average Bonchev–Trinajstić information content (AvgIpc) is 3.19. The number of fused-ring (bicyclic) bond motifs is 2. The van der Waals surface area contributed by atoms with E-state index < -0.39 is 10.9 Å². The van der Waals surface area contributed by atoms with Crippen molar-refractivity contribution in [1.29, 1.82) is 0 Å². The zero-order valence-electron chi connectivity index (χ0n) is 12.1. The summed E-state index contributed by atoms with van der Waals surface area (Å²) in [7, 11) is 0. The summed E-state index contributed by atoms with van der Waals surface area (Å²) in [6.45, 7) is 0.141. The molecule has 120 valence electrons. The molecule has 24 heavy (non-hydrogen) atoms. The Morgan fingerprint density at radius 2 is 1.96 bits per heavy atom. The van der Waals surface area contributed by atoms with Crippen molar-refractivity contribution < 1.29 is 23.9 Å². The summed E-state index contributed by atoms with van der Waals surface area (Å²) in [5, 5.41) is 11.4. The van der Waals surface area contributed by atoms with Gasteiger partial charge >= 0.3 is 5.97 Å². The Hall–Kier alpha value is -3.13. The van der Waals surface area contributed by atoms with Crippen molar-refractivity contribution in [3.8, 4) is 17.2 Å². The summed E-state index contributed by atoms with van der Waals surface area (Å²) in [6, 6.07) is 10.9. The van der Waals surface area contributed by atoms with E-state index in [0.29, 0.717) is 27.5 Å². The third-order valence-corrected chi connectivity index (χ3v) is 4.56. The zero-order valence-corrected chi connectivity index (χ0v) is 12.9. The fraction of sp³-hybridized carbons (Fsp3) is 0.0625. The molecule has 1 aliphatic rings. The second kappa shape index (κ2) is 5.50. The maximum Gasteiger partial charge on any atom is 0.353 e. The van der Waals surface area contributed by atoms with Gasteiger partial charge in [-0.05, 0) is 24.3 Å². The summed E-state index contributed by atoms with van der Waals surface area (Å²) < 4.78 is 16.5. The van der Waals surface area contributed by atoms with Gasteiger partial charge in [-0.1, -0.05) is 0 Å². The molecule has 0 saturated heterocycles. The fourth-order valence-corrected chi connectivity index (χ4v) is 3.26. The molecule has 3 aromatic rings. The van der Waals surface area contributed by atoms with Gasteiger partial charge in [-0.25, -0.2) is 4.79 Å². The molecular weight excluding hydrogens is 334 g/mol. The molecule has 0 fully saturated rings. The number of ether oxygens (including phenoxy) is 3. The van der Waals surface area contributed by atoms with Gasteiger partial charge in [-0.15, -0.1) is 11.3 Å². The van der Waals surface area contributed by atoms with E-state index in [2.05, 4.69) is 0 Å². The Bertz CT molecular complexity index is 980. The lowest BCUT2D eigenvalue weighted by molar-refractivity contribution is -0.384. The number of non-ortho nitro benzene ring substituents is 1. The highest BCUT2D eigenvalue weighted by atomic mass is 32.1. The number of hydrogen-bond acceptors (Lipinski definition) is 7. The largest absolute Gasteiger partial charge is 0.454 e. The standard InChI is InChI=1S/C16H9NO6S/c18-16(23-11-2-3-12-13(7-11)22-8-21-12)15-6-9-5-10(17(19)20)1-4-14(9)24-15/h1-7H,8H2. The number of rotatable bonds is 3. The lowest BCUT2D eigenvalue weighted by Crippen LogP contribution is -2.06. The van der Waals surface area contributed by atoms with E-state index in [9.17, 15) is 14.9 Å². The van der Waals surface area contributed by atoms with Crippen molar-refractivity contribution in [3.05, 3.63) is 57.5 Å². The summed E-state index contributed by atoms with van der Waals surface area (Å²) in [4.78, 5) is 23.0. The molecule has 0 amide bonds. The third kappa shape index (κ3) is 2.52. The van der Waals surface area contributed by atoms with Gasteiger partial charge in [0.05, 0.1) is 4.92 Å². The lowest BCUT2D eigenvalue weighted by atomic mass is 10.2. The minimum absolute atomic E-state index is 0.0176. The van der Waals surface area contributed by atoms with Crippen LogP contribution in [-0.2, 0) is 0 Å². The minimum atomic E-state index is -0.530. The maximum absolute atomic E-state index is 12.3. The highest BCUT2D eigenvalue weighted by molar-refractivity contribution is 7.20. The van der Waals surface area contributed by atoms with Crippen molar-refractivity contribution in [2.24, 2.45) is 0 Å². The number of nitro groups is 1. The second-order valence-corrected chi connectivity index (χ2v) is 6.08. The smallest absolute Gasteiger partial charge is 0.353 e. The topological polar surface area (TPSA) is 87.9 Å². The van der Waals surface area contributed by atoms with Gasteiger partial charge in [0.1, 0.15) is 10.6 Å². The Kier molecular flexibility index (Phi) is 3.31. The summed E-state index contributed by atoms with van der Waals surface area (Å²) in [5.74, 6) is 0.932. The molecule has 0 saturated carbocycles. The number of esters is 1. The molecule has 0 radical (unpaired) electrons. The highest BCUT2D eigenvalue weighted by Crippen LogP contribution is 2.36. The van der Waals surface area contributed by atoms with Crippen LogP contribution in [0.2, 0.25) is 0 Å². The van der Waals surface area contributed by atoms with Gasteiger partial charge in [0.15, 0.2) is 11.5 Å². The van der Waals surface area contributed by atoms with Crippen molar-refractivity contribution in [3.63, 3.8) is 0 Å². The van der Waals surface area contributed by atoms with Crippen LogP contribution in [-0.4, -0.2) is 17.7 Å². The van der Waals surface area contributed by atoms with Gasteiger partial charge in [0.2, 0.25) is 6.79 Å². The molecule has 1 aliphatic heterocycles. The van der Waals surface area contributed by atoms with Crippen LogP contribution in [0.1, 0.15) is 9.67 Å². The van der Waals surface area contributed by atoms with Gasteiger partial charge in [-0.2, -0.15) is 0 Å². The molecule has 0 unspecified atom stereocenters. The molecule has 0 bridgehead atoms. The first kappa shape index (κ1) is 14.5. The molecule has 0 spiro atoms. The van der Waals surface area contributed by atoms with Crippen LogP contribution in [0.5, 0.6) is 17.2 Å². The molecule has 0 aliphatic carbocycles. The van der Waals surface area contributed by atoms with Crippen LogP contribution in [0, 0.1) is 10.1 Å². The Morgan fingerprint density at radius 3 is 2.79 bits per heavy atom. The van der Waals surface area contributed by atoms with Crippen LogP contribution in [0.3, 0.4) is 0 Å². The van der Waals surface area contributed by atoms with E-state index in [-0.39, 0.29) is 12.5 Å². The van der Waals surface area contributed by atoms with E-state index in [1.807, 2.05) is 0 Å². The number of carbonyl (C=O) groups is 1. The summed E-state index contributed by atoms with van der Waals surface area (Å²) in [6.07, 6.45) is 0. The first-order valence-electron chi connectivity index (χ1n) is 6.90. The zero-order chi connectivity index (χ0) is 16.7. The SMILES string of the molecule is O=C(Oc1ccc2c(c1)OCO2)c1cc2cc([N+](=O)[O-])ccc2s1.